The number of hydrogen-bond acceptors (Lipinski definition) is 3. The molecule has 3 aliphatic carbocycles. The Kier molecular flexibility index (Phi) is 2.78. The van der Waals surface area contributed by atoms with E-state index in [1.54, 1.807) is 6.92 Å². The molecule has 0 aromatic carbocycles. The third-order valence-electron chi connectivity index (χ3n) is 4.89. The van der Waals surface area contributed by atoms with Crippen molar-refractivity contribution < 1.29 is 23.4 Å². The van der Waals surface area contributed by atoms with E-state index in [1.807, 2.05) is 0 Å². The lowest BCUT2D eigenvalue weighted by atomic mass is 9.45. The summed E-state index contributed by atoms with van der Waals surface area (Å²) in [6, 6.07) is 0. The van der Waals surface area contributed by atoms with Gasteiger partial charge in [0.25, 0.3) is 0 Å². The van der Waals surface area contributed by atoms with Crippen molar-refractivity contribution >= 4 is 5.97 Å². The molecule has 3 nitrogen and oxygen atoms in total. The Hall–Kier alpha value is -0.710. The normalized spacial score (nSPS) is 42.1. The maximum absolute atomic E-state index is 12.9. The lowest BCUT2D eigenvalue weighted by Gasteiger charge is -2.63. The summed E-state index contributed by atoms with van der Waals surface area (Å²) in [5, 5.41) is 10.3. The fraction of sp³-hybridized carbons (Fsp3) is 0.923. The molecule has 0 amide bonds. The minimum Gasteiger partial charge on any atom is -0.452 e. The third-order valence-corrected chi connectivity index (χ3v) is 4.89. The van der Waals surface area contributed by atoms with Gasteiger partial charge in [0.2, 0.25) is 0 Å². The van der Waals surface area contributed by atoms with E-state index in [0.717, 1.165) is 6.42 Å². The second-order valence-electron chi connectivity index (χ2n) is 6.60. The standard InChI is InChI=1S/C13H20F2O3/c1-11(2)7-5-8(11)9(16)12(3,6-7)18-10(17)13(4,14)15/h7-9,16H,5-6H2,1-4H3. The van der Waals surface area contributed by atoms with Gasteiger partial charge in [-0.15, -0.1) is 0 Å². The Labute approximate surface area is 106 Å². The molecular formula is C13H20F2O3. The number of ether oxygens (including phenoxy) is 1. The quantitative estimate of drug-likeness (QED) is 0.777. The van der Waals surface area contributed by atoms with Crippen LogP contribution >= 0.6 is 0 Å². The van der Waals surface area contributed by atoms with E-state index in [4.69, 9.17) is 4.74 Å². The Balaban J connectivity index is 2.13. The number of carbonyl (C=O) groups is 1. The van der Waals surface area contributed by atoms with E-state index < -0.39 is 23.6 Å². The zero-order valence-corrected chi connectivity index (χ0v) is 11.2. The molecule has 0 saturated heterocycles. The number of aliphatic hydroxyl groups is 1. The number of fused-ring (bicyclic) bond motifs is 2. The van der Waals surface area contributed by atoms with Gasteiger partial charge in [0, 0.05) is 6.92 Å². The van der Waals surface area contributed by atoms with Gasteiger partial charge < -0.3 is 9.84 Å². The lowest BCUT2D eigenvalue weighted by molar-refractivity contribution is -0.254. The van der Waals surface area contributed by atoms with Crippen molar-refractivity contribution in [2.45, 2.75) is 58.2 Å². The first kappa shape index (κ1) is 13.7. The fourth-order valence-electron chi connectivity index (χ4n) is 3.38. The molecule has 3 saturated carbocycles. The molecule has 3 rings (SSSR count). The SMILES string of the molecule is CC(F)(F)C(=O)OC1(C)CC2CC(C1O)C2(C)C. The van der Waals surface area contributed by atoms with E-state index in [1.165, 1.54) is 0 Å². The Morgan fingerprint density at radius 2 is 1.94 bits per heavy atom. The van der Waals surface area contributed by atoms with Crippen LogP contribution in [0.3, 0.4) is 0 Å². The van der Waals surface area contributed by atoms with E-state index >= 15 is 0 Å². The molecule has 0 spiro atoms. The van der Waals surface area contributed by atoms with Crippen LogP contribution in [0.1, 0.15) is 40.5 Å². The summed E-state index contributed by atoms with van der Waals surface area (Å²) in [7, 11) is 0. The van der Waals surface area contributed by atoms with Crippen molar-refractivity contribution in [2.75, 3.05) is 0 Å². The fourth-order valence-corrected chi connectivity index (χ4v) is 3.38. The topological polar surface area (TPSA) is 46.5 Å². The van der Waals surface area contributed by atoms with Crippen LogP contribution in [0.25, 0.3) is 0 Å². The van der Waals surface area contributed by atoms with Gasteiger partial charge in [-0.25, -0.2) is 4.79 Å². The molecule has 0 radical (unpaired) electrons. The Morgan fingerprint density at radius 3 is 2.33 bits per heavy atom. The number of rotatable bonds is 2. The first-order valence-electron chi connectivity index (χ1n) is 6.28. The minimum absolute atomic E-state index is 0.0000663. The Morgan fingerprint density at radius 1 is 1.39 bits per heavy atom. The monoisotopic (exact) mass is 262 g/mol. The molecule has 0 aromatic heterocycles. The van der Waals surface area contributed by atoms with Crippen molar-refractivity contribution in [1.29, 1.82) is 0 Å². The Bertz CT molecular complexity index is 375. The zero-order chi connectivity index (χ0) is 13.9. The summed E-state index contributed by atoms with van der Waals surface area (Å²) in [5.74, 6) is -4.74. The van der Waals surface area contributed by atoms with E-state index in [2.05, 4.69) is 13.8 Å². The van der Waals surface area contributed by atoms with Gasteiger partial charge in [-0.3, -0.25) is 0 Å². The average molecular weight is 262 g/mol. The molecule has 4 atom stereocenters. The summed E-state index contributed by atoms with van der Waals surface area (Å²) >= 11 is 0. The third kappa shape index (κ3) is 1.83. The second kappa shape index (κ2) is 3.65. The van der Waals surface area contributed by atoms with Crippen LogP contribution in [0.4, 0.5) is 8.78 Å². The summed E-state index contributed by atoms with van der Waals surface area (Å²) in [6.07, 6.45) is 0.451. The predicted octanol–water partition coefficient (Wildman–Crippen LogP) is 2.37. The first-order chi connectivity index (χ1) is 7.98. The van der Waals surface area contributed by atoms with Crippen LogP contribution in [-0.4, -0.2) is 28.7 Å². The smallest absolute Gasteiger partial charge is 0.377 e. The average Bonchev–Trinajstić information content (AvgIpc) is 2.20. The summed E-state index contributed by atoms with van der Waals surface area (Å²) in [5.41, 5.74) is -1.18. The molecular weight excluding hydrogens is 242 g/mol. The molecule has 0 heterocycles. The van der Waals surface area contributed by atoms with Crippen molar-refractivity contribution in [2.24, 2.45) is 17.3 Å². The van der Waals surface area contributed by atoms with Gasteiger partial charge in [-0.1, -0.05) is 13.8 Å². The summed E-state index contributed by atoms with van der Waals surface area (Å²) < 4.78 is 30.7. The van der Waals surface area contributed by atoms with Crippen molar-refractivity contribution in [3.63, 3.8) is 0 Å². The number of carbonyl (C=O) groups excluding carboxylic acids is 1. The van der Waals surface area contributed by atoms with Crippen molar-refractivity contribution in [1.82, 2.24) is 0 Å². The van der Waals surface area contributed by atoms with Crippen LogP contribution in [0.15, 0.2) is 0 Å². The molecule has 3 aliphatic rings. The van der Waals surface area contributed by atoms with Gasteiger partial charge in [-0.05, 0) is 37.0 Å². The lowest BCUT2D eigenvalue weighted by Crippen LogP contribution is -2.66. The van der Waals surface area contributed by atoms with E-state index in [-0.39, 0.29) is 11.3 Å². The largest absolute Gasteiger partial charge is 0.452 e. The van der Waals surface area contributed by atoms with Gasteiger partial charge in [0.05, 0.1) is 6.10 Å². The van der Waals surface area contributed by atoms with Crippen LogP contribution in [-0.2, 0) is 9.53 Å². The molecule has 0 aromatic rings. The van der Waals surface area contributed by atoms with Crippen LogP contribution in [0.2, 0.25) is 0 Å². The highest BCUT2D eigenvalue weighted by atomic mass is 19.3. The van der Waals surface area contributed by atoms with Gasteiger partial charge in [0.1, 0.15) is 5.60 Å². The predicted molar refractivity (Wildman–Crippen MR) is 61.1 cm³/mol. The maximum Gasteiger partial charge on any atom is 0.377 e. The highest BCUT2D eigenvalue weighted by Crippen LogP contribution is 2.62. The number of hydrogen-bond donors (Lipinski definition) is 1. The van der Waals surface area contributed by atoms with Gasteiger partial charge >= 0.3 is 11.9 Å². The number of halogens is 2. The maximum atomic E-state index is 12.9. The van der Waals surface area contributed by atoms with Gasteiger partial charge in [0.15, 0.2) is 0 Å². The van der Waals surface area contributed by atoms with Crippen molar-refractivity contribution in [3.05, 3.63) is 0 Å². The molecule has 18 heavy (non-hydrogen) atoms. The van der Waals surface area contributed by atoms with Crippen molar-refractivity contribution in [3.8, 4) is 0 Å². The number of esters is 1. The van der Waals surface area contributed by atoms with Crippen LogP contribution in [0.5, 0.6) is 0 Å². The molecule has 3 fully saturated rings. The summed E-state index contributed by atoms with van der Waals surface area (Å²) in [4.78, 5) is 11.3. The number of alkyl halides is 2. The second-order valence-corrected chi connectivity index (χ2v) is 6.60. The molecule has 5 heteroatoms. The number of aliphatic hydroxyl groups excluding tert-OH is 1. The molecule has 1 N–H and O–H groups in total. The zero-order valence-electron chi connectivity index (χ0n) is 11.2. The van der Waals surface area contributed by atoms with Crippen LogP contribution in [0, 0.1) is 17.3 Å². The summed E-state index contributed by atoms with van der Waals surface area (Å²) in [6.45, 7) is 6.18. The highest BCUT2D eigenvalue weighted by Gasteiger charge is 2.63. The van der Waals surface area contributed by atoms with E-state index in [0.29, 0.717) is 19.3 Å². The molecule has 4 unspecified atom stereocenters. The van der Waals surface area contributed by atoms with E-state index in [9.17, 15) is 18.7 Å². The first-order valence-corrected chi connectivity index (χ1v) is 6.28. The molecule has 2 bridgehead atoms. The molecule has 104 valence electrons. The highest BCUT2D eigenvalue weighted by molar-refractivity contribution is 5.77. The molecule has 0 aliphatic heterocycles. The minimum atomic E-state index is -3.51. The van der Waals surface area contributed by atoms with Crippen LogP contribution < -0.4 is 0 Å². The van der Waals surface area contributed by atoms with Gasteiger partial charge in [-0.2, -0.15) is 8.78 Å².